The van der Waals surface area contributed by atoms with E-state index in [1.54, 1.807) is 0 Å². The molecule has 0 aliphatic heterocycles. The van der Waals surface area contributed by atoms with Gasteiger partial charge in [-0.2, -0.15) is 0 Å². The lowest BCUT2D eigenvalue weighted by molar-refractivity contribution is 0.316. The molecular weight excluding hydrogens is 172 g/mol. The third-order valence-electron chi connectivity index (χ3n) is 2.82. The lowest BCUT2D eigenvalue weighted by Crippen LogP contribution is -2.40. The van der Waals surface area contributed by atoms with Crippen LogP contribution in [0.3, 0.4) is 0 Å². The first-order valence-corrected chi connectivity index (χ1v) is 5.99. The second-order valence-corrected chi connectivity index (χ2v) is 5.00. The molecule has 2 heteroatoms. The fraction of sp³-hybridized carbons (Fsp3) is 1.00. The highest BCUT2D eigenvalue weighted by Gasteiger charge is 2.16. The van der Waals surface area contributed by atoms with Crippen LogP contribution in [0.5, 0.6) is 0 Å². The zero-order valence-electron chi connectivity index (χ0n) is 10.4. The van der Waals surface area contributed by atoms with Crippen molar-refractivity contribution in [3.63, 3.8) is 0 Å². The Morgan fingerprint density at radius 3 is 2.36 bits per heavy atom. The molecule has 0 aromatic carbocycles. The van der Waals surface area contributed by atoms with Crippen LogP contribution in [0.25, 0.3) is 0 Å². The lowest BCUT2D eigenvalue weighted by Gasteiger charge is -2.26. The summed E-state index contributed by atoms with van der Waals surface area (Å²) in [4.78, 5) is 0. The van der Waals surface area contributed by atoms with Crippen molar-refractivity contribution in [3.05, 3.63) is 0 Å². The first-order chi connectivity index (χ1) is 6.55. The summed E-state index contributed by atoms with van der Waals surface area (Å²) in [5.74, 6) is 0. The van der Waals surface area contributed by atoms with Gasteiger partial charge in [-0.05, 0) is 24.8 Å². The summed E-state index contributed by atoms with van der Waals surface area (Å²) in [6, 6.07) is 0.681. The molecule has 0 fully saturated rings. The van der Waals surface area contributed by atoms with Crippen LogP contribution in [0.4, 0.5) is 0 Å². The van der Waals surface area contributed by atoms with Gasteiger partial charge in [-0.25, -0.2) is 0 Å². The Kier molecular flexibility index (Phi) is 7.20. The maximum Gasteiger partial charge on any atom is 0.00646 e. The monoisotopic (exact) mass is 200 g/mol. The van der Waals surface area contributed by atoms with Gasteiger partial charge in [0.05, 0.1) is 0 Å². The molecule has 2 nitrogen and oxygen atoms in total. The number of hydrogen-bond donors (Lipinski definition) is 2. The van der Waals surface area contributed by atoms with E-state index in [-0.39, 0.29) is 5.41 Å². The standard InChI is InChI=1S/C12H28N2/c1-5-7-8-11(6-2)14-10-12(3,4)9-13/h11,14H,5-10,13H2,1-4H3. The van der Waals surface area contributed by atoms with E-state index >= 15 is 0 Å². The van der Waals surface area contributed by atoms with Crippen LogP contribution in [-0.4, -0.2) is 19.1 Å². The van der Waals surface area contributed by atoms with E-state index in [0.717, 1.165) is 13.1 Å². The Morgan fingerprint density at radius 1 is 1.29 bits per heavy atom. The van der Waals surface area contributed by atoms with Gasteiger partial charge in [0.15, 0.2) is 0 Å². The van der Waals surface area contributed by atoms with Crippen LogP contribution in [0, 0.1) is 5.41 Å². The molecule has 0 radical (unpaired) electrons. The molecule has 0 aliphatic carbocycles. The normalized spacial score (nSPS) is 14.4. The Bertz CT molecular complexity index is 132. The molecule has 0 spiro atoms. The Morgan fingerprint density at radius 2 is 1.93 bits per heavy atom. The van der Waals surface area contributed by atoms with Gasteiger partial charge in [-0.15, -0.1) is 0 Å². The van der Waals surface area contributed by atoms with E-state index in [0.29, 0.717) is 6.04 Å². The quantitative estimate of drug-likeness (QED) is 0.632. The molecule has 14 heavy (non-hydrogen) atoms. The fourth-order valence-corrected chi connectivity index (χ4v) is 1.39. The Balaban J connectivity index is 3.71. The van der Waals surface area contributed by atoms with E-state index < -0.39 is 0 Å². The number of unbranched alkanes of at least 4 members (excludes halogenated alkanes) is 1. The van der Waals surface area contributed by atoms with Crippen LogP contribution in [0.2, 0.25) is 0 Å². The maximum atomic E-state index is 5.69. The molecule has 1 unspecified atom stereocenters. The van der Waals surface area contributed by atoms with E-state index in [4.69, 9.17) is 5.73 Å². The maximum absolute atomic E-state index is 5.69. The smallest absolute Gasteiger partial charge is 0.00646 e. The molecule has 1 atom stereocenters. The van der Waals surface area contributed by atoms with Gasteiger partial charge in [-0.3, -0.25) is 0 Å². The summed E-state index contributed by atoms with van der Waals surface area (Å²) in [6.45, 7) is 10.7. The molecule has 0 amide bonds. The first kappa shape index (κ1) is 13.9. The Hall–Kier alpha value is -0.0800. The van der Waals surface area contributed by atoms with Gasteiger partial charge in [0.2, 0.25) is 0 Å². The zero-order chi connectivity index (χ0) is 11.0. The molecule has 0 saturated heterocycles. The SMILES string of the molecule is CCCCC(CC)NCC(C)(C)CN. The van der Waals surface area contributed by atoms with E-state index in [1.807, 2.05) is 0 Å². The summed E-state index contributed by atoms with van der Waals surface area (Å²) in [5, 5.41) is 3.62. The number of nitrogens with two attached hydrogens (primary N) is 1. The van der Waals surface area contributed by atoms with Crippen LogP contribution in [0.1, 0.15) is 53.4 Å². The van der Waals surface area contributed by atoms with Crippen LogP contribution in [-0.2, 0) is 0 Å². The molecule has 0 heterocycles. The second kappa shape index (κ2) is 7.24. The van der Waals surface area contributed by atoms with Crippen molar-refractivity contribution >= 4 is 0 Å². The van der Waals surface area contributed by atoms with Crippen molar-refractivity contribution in [1.82, 2.24) is 5.32 Å². The largest absolute Gasteiger partial charge is 0.330 e. The van der Waals surface area contributed by atoms with E-state index in [9.17, 15) is 0 Å². The summed E-state index contributed by atoms with van der Waals surface area (Å²) < 4.78 is 0. The average molecular weight is 200 g/mol. The molecule has 3 N–H and O–H groups in total. The van der Waals surface area contributed by atoms with Crippen molar-refractivity contribution in [3.8, 4) is 0 Å². The minimum absolute atomic E-state index is 0.236. The Labute approximate surface area is 89.6 Å². The number of nitrogens with one attached hydrogen (secondary N) is 1. The topological polar surface area (TPSA) is 38.0 Å². The molecule has 0 rings (SSSR count). The molecule has 86 valence electrons. The van der Waals surface area contributed by atoms with Crippen LogP contribution >= 0.6 is 0 Å². The van der Waals surface area contributed by atoms with Gasteiger partial charge >= 0.3 is 0 Å². The fourth-order valence-electron chi connectivity index (χ4n) is 1.39. The van der Waals surface area contributed by atoms with Crippen LogP contribution < -0.4 is 11.1 Å². The molecule has 0 bridgehead atoms. The molecule has 0 aromatic heterocycles. The van der Waals surface area contributed by atoms with Gasteiger partial charge in [-0.1, -0.05) is 40.5 Å². The zero-order valence-corrected chi connectivity index (χ0v) is 10.4. The third-order valence-corrected chi connectivity index (χ3v) is 2.82. The third kappa shape index (κ3) is 6.39. The highest BCUT2D eigenvalue weighted by atomic mass is 14.9. The summed E-state index contributed by atoms with van der Waals surface area (Å²) >= 11 is 0. The van der Waals surface area contributed by atoms with Gasteiger partial charge in [0.1, 0.15) is 0 Å². The predicted octanol–water partition coefficient (Wildman–Crippen LogP) is 2.53. The van der Waals surface area contributed by atoms with Gasteiger partial charge < -0.3 is 11.1 Å². The molecule has 0 aromatic rings. The minimum Gasteiger partial charge on any atom is -0.330 e. The number of hydrogen-bond acceptors (Lipinski definition) is 2. The highest BCUT2D eigenvalue weighted by Crippen LogP contribution is 2.12. The van der Waals surface area contributed by atoms with E-state index in [2.05, 4.69) is 33.0 Å². The molecule has 0 saturated carbocycles. The summed E-state index contributed by atoms with van der Waals surface area (Å²) in [6.07, 6.45) is 5.14. The van der Waals surface area contributed by atoms with Crippen molar-refractivity contribution in [1.29, 1.82) is 0 Å². The first-order valence-electron chi connectivity index (χ1n) is 5.99. The van der Waals surface area contributed by atoms with Crippen LogP contribution in [0.15, 0.2) is 0 Å². The van der Waals surface area contributed by atoms with Crippen molar-refractivity contribution < 1.29 is 0 Å². The summed E-state index contributed by atoms with van der Waals surface area (Å²) in [7, 11) is 0. The number of rotatable bonds is 8. The van der Waals surface area contributed by atoms with Crippen molar-refractivity contribution in [2.75, 3.05) is 13.1 Å². The highest BCUT2D eigenvalue weighted by molar-refractivity contribution is 4.75. The molecular formula is C12H28N2. The van der Waals surface area contributed by atoms with Crippen molar-refractivity contribution in [2.24, 2.45) is 11.1 Å². The van der Waals surface area contributed by atoms with Gasteiger partial charge in [0.25, 0.3) is 0 Å². The average Bonchev–Trinajstić information content (AvgIpc) is 2.18. The predicted molar refractivity (Wildman–Crippen MR) is 64.4 cm³/mol. The molecule has 0 aliphatic rings. The van der Waals surface area contributed by atoms with Crippen molar-refractivity contribution in [2.45, 2.75) is 59.4 Å². The van der Waals surface area contributed by atoms with Gasteiger partial charge in [0, 0.05) is 12.6 Å². The minimum atomic E-state index is 0.236. The second-order valence-electron chi connectivity index (χ2n) is 5.00. The summed E-state index contributed by atoms with van der Waals surface area (Å²) in [5.41, 5.74) is 5.93. The lowest BCUT2D eigenvalue weighted by atomic mass is 9.93. The van der Waals surface area contributed by atoms with E-state index in [1.165, 1.54) is 25.7 Å².